The van der Waals surface area contributed by atoms with Crippen LogP contribution in [0.2, 0.25) is 0 Å². The number of hydrogen-bond donors (Lipinski definition) is 3. The SMILES string of the molecule is COc1cc(C(=O)NOCC(C)C)c(F)cc1Nc1ncc(C(F)(F)F)c(Nc2nccnc2P(C)(C)=O)n1. The van der Waals surface area contributed by atoms with Crippen LogP contribution >= 0.6 is 7.14 Å². The lowest BCUT2D eigenvalue weighted by Gasteiger charge is -2.17. The van der Waals surface area contributed by atoms with Gasteiger partial charge in [0, 0.05) is 24.7 Å². The van der Waals surface area contributed by atoms with E-state index in [-0.39, 0.29) is 41.2 Å². The zero-order valence-electron chi connectivity index (χ0n) is 21.6. The van der Waals surface area contributed by atoms with Gasteiger partial charge in [-0.15, -0.1) is 0 Å². The van der Waals surface area contributed by atoms with Gasteiger partial charge in [0.1, 0.15) is 35.5 Å². The van der Waals surface area contributed by atoms with E-state index in [1.807, 2.05) is 13.8 Å². The van der Waals surface area contributed by atoms with E-state index in [0.29, 0.717) is 6.20 Å². The highest BCUT2D eigenvalue weighted by Gasteiger charge is 2.36. The molecule has 1 aromatic carbocycles. The molecule has 0 fully saturated rings. The summed E-state index contributed by atoms with van der Waals surface area (Å²) in [6.45, 7) is 6.70. The van der Waals surface area contributed by atoms with Crippen molar-refractivity contribution in [2.45, 2.75) is 20.0 Å². The number of alkyl halides is 3. The molecule has 1 amide bonds. The van der Waals surface area contributed by atoms with Crippen LogP contribution in [0.3, 0.4) is 0 Å². The summed E-state index contributed by atoms with van der Waals surface area (Å²) in [5.41, 5.74) is 0.398. The number of ether oxygens (including phenoxy) is 1. The summed E-state index contributed by atoms with van der Waals surface area (Å²) in [5.74, 6) is -3.01. The number of benzene rings is 1. The van der Waals surface area contributed by atoms with Crippen LogP contribution < -0.4 is 26.3 Å². The molecule has 3 N–H and O–H groups in total. The van der Waals surface area contributed by atoms with E-state index >= 15 is 0 Å². The molecule has 0 spiro atoms. The van der Waals surface area contributed by atoms with Crippen LogP contribution in [0.25, 0.3) is 0 Å². The maximum atomic E-state index is 14.8. The molecule has 16 heteroatoms. The van der Waals surface area contributed by atoms with E-state index in [1.54, 1.807) is 0 Å². The number of amides is 1. The normalized spacial score (nSPS) is 11.8. The van der Waals surface area contributed by atoms with Crippen molar-refractivity contribution in [3.8, 4) is 5.75 Å². The average molecular weight is 571 g/mol. The Hall–Kier alpha value is -3.84. The molecule has 0 radical (unpaired) electrons. The first-order valence-corrected chi connectivity index (χ1v) is 13.9. The minimum atomic E-state index is -4.86. The molecule has 2 heterocycles. The second-order valence-corrected chi connectivity index (χ2v) is 12.1. The summed E-state index contributed by atoms with van der Waals surface area (Å²) >= 11 is 0. The number of hydrogen-bond acceptors (Lipinski definition) is 10. The summed E-state index contributed by atoms with van der Waals surface area (Å²) in [5, 5.41) is 5.03. The molecule has 3 rings (SSSR count). The Kier molecular flexibility index (Phi) is 9.07. The van der Waals surface area contributed by atoms with E-state index in [4.69, 9.17) is 9.57 Å². The first kappa shape index (κ1) is 29.7. The average Bonchev–Trinajstić information content (AvgIpc) is 2.83. The van der Waals surface area contributed by atoms with Crippen molar-refractivity contribution in [3.05, 3.63) is 47.7 Å². The lowest BCUT2D eigenvalue weighted by atomic mass is 10.1. The minimum Gasteiger partial charge on any atom is -0.495 e. The molecule has 0 atom stereocenters. The van der Waals surface area contributed by atoms with E-state index < -0.39 is 42.0 Å². The number of nitrogens with zero attached hydrogens (tertiary/aromatic N) is 4. The van der Waals surface area contributed by atoms with Crippen molar-refractivity contribution in [1.82, 2.24) is 25.4 Å². The Labute approximate surface area is 221 Å². The Morgan fingerprint density at radius 3 is 2.38 bits per heavy atom. The van der Waals surface area contributed by atoms with Gasteiger partial charge < -0.3 is 19.9 Å². The first-order valence-electron chi connectivity index (χ1n) is 11.3. The van der Waals surface area contributed by atoms with Crippen LogP contribution in [0.5, 0.6) is 5.75 Å². The molecule has 210 valence electrons. The number of methoxy groups -OCH3 is 1. The molecule has 0 aliphatic heterocycles. The molecule has 0 bridgehead atoms. The van der Waals surface area contributed by atoms with E-state index in [9.17, 15) is 26.9 Å². The van der Waals surface area contributed by atoms with Gasteiger partial charge in [-0.25, -0.2) is 24.8 Å². The lowest BCUT2D eigenvalue weighted by molar-refractivity contribution is -0.137. The topological polar surface area (TPSA) is 140 Å². The summed E-state index contributed by atoms with van der Waals surface area (Å²) in [6, 6.07) is 1.98. The Balaban J connectivity index is 1.97. The van der Waals surface area contributed by atoms with Crippen molar-refractivity contribution in [3.63, 3.8) is 0 Å². The van der Waals surface area contributed by atoms with Crippen molar-refractivity contribution >= 4 is 41.8 Å². The van der Waals surface area contributed by atoms with Crippen LogP contribution in [0.4, 0.5) is 40.8 Å². The maximum Gasteiger partial charge on any atom is 0.421 e. The summed E-state index contributed by atoms with van der Waals surface area (Å²) < 4.78 is 73.8. The van der Waals surface area contributed by atoms with Gasteiger partial charge in [-0.2, -0.15) is 18.2 Å². The second kappa shape index (κ2) is 11.9. The van der Waals surface area contributed by atoms with Gasteiger partial charge in [0.2, 0.25) is 5.95 Å². The highest BCUT2D eigenvalue weighted by Crippen LogP contribution is 2.39. The molecular formula is C23H26F4N7O4P. The number of aromatic nitrogens is 4. The number of hydroxylamine groups is 1. The largest absolute Gasteiger partial charge is 0.495 e. The quantitative estimate of drug-likeness (QED) is 0.181. The Bertz CT molecular complexity index is 1400. The molecule has 0 saturated carbocycles. The highest BCUT2D eigenvalue weighted by molar-refractivity contribution is 7.70. The maximum absolute atomic E-state index is 14.8. The van der Waals surface area contributed by atoms with Crippen molar-refractivity contribution in [1.29, 1.82) is 0 Å². The van der Waals surface area contributed by atoms with Gasteiger partial charge in [0.05, 0.1) is 25.0 Å². The number of carbonyl (C=O) groups is 1. The number of rotatable bonds is 10. The molecule has 11 nitrogen and oxygen atoms in total. The first-order chi connectivity index (χ1) is 18.2. The van der Waals surface area contributed by atoms with Crippen LogP contribution in [0.15, 0.2) is 30.7 Å². The molecule has 39 heavy (non-hydrogen) atoms. The zero-order valence-corrected chi connectivity index (χ0v) is 22.4. The summed E-state index contributed by atoms with van der Waals surface area (Å²) in [6.07, 6.45) is -1.86. The van der Waals surface area contributed by atoms with E-state index in [0.717, 1.165) is 12.1 Å². The number of anilines is 4. The van der Waals surface area contributed by atoms with Gasteiger partial charge in [-0.3, -0.25) is 9.63 Å². The third-order valence-electron chi connectivity index (χ3n) is 4.88. The fraction of sp³-hybridized carbons (Fsp3) is 0.348. The molecule has 0 aliphatic carbocycles. The Morgan fingerprint density at radius 1 is 1.08 bits per heavy atom. The van der Waals surface area contributed by atoms with Crippen molar-refractivity contribution in [2.24, 2.45) is 5.92 Å². The Morgan fingerprint density at radius 2 is 1.77 bits per heavy atom. The van der Waals surface area contributed by atoms with E-state index in [1.165, 1.54) is 32.8 Å². The number of carbonyl (C=O) groups excluding carboxylic acids is 1. The van der Waals surface area contributed by atoms with Crippen LogP contribution in [-0.4, -0.2) is 52.9 Å². The third kappa shape index (κ3) is 7.60. The van der Waals surface area contributed by atoms with Crippen LogP contribution in [0, 0.1) is 11.7 Å². The highest BCUT2D eigenvalue weighted by atomic mass is 31.2. The van der Waals surface area contributed by atoms with Gasteiger partial charge in [-0.05, 0) is 25.3 Å². The molecule has 0 aliphatic rings. The van der Waals surface area contributed by atoms with Crippen molar-refractivity contribution < 1.29 is 36.5 Å². The second-order valence-electron chi connectivity index (χ2n) is 8.95. The predicted molar refractivity (Wildman–Crippen MR) is 136 cm³/mol. The van der Waals surface area contributed by atoms with E-state index in [2.05, 4.69) is 36.0 Å². The summed E-state index contributed by atoms with van der Waals surface area (Å²) in [7, 11) is -1.78. The fourth-order valence-electron chi connectivity index (χ4n) is 3.11. The fourth-order valence-corrected chi connectivity index (χ4v) is 4.08. The molecule has 0 saturated heterocycles. The van der Waals surface area contributed by atoms with Crippen LogP contribution in [0.1, 0.15) is 29.8 Å². The number of nitrogens with one attached hydrogen (secondary N) is 3. The zero-order chi connectivity index (χ0) is 29.0. The third-order valence-corrected chi connectivity index (χ3v) is 6.23. The monoisotopic (exact) mass is 571 g/mol. The number of halogens is 4. The van der Waals surface area contributed by atoms with Gasteiger partial charge in [-0.1, -0.05) is 13.8 Å². The molecule has 0 unspecified atom stereocenters. The molecular weight excluding hydrogens is 545 g/mol. The standard InChI is InChI=1S/C23H26F4N7O4P/c1-12(2)11-38-34-20(35)13-8-17(37-3)16(9-15(13)24)31-22-30-10-14(23(25,26)27)18(33-22)32-19-21(39(4,5)36)29-7-6-28-19/h6-10,12H,11H2,1-5H3,(H,34,35)(H2,28,30,31,32,33). The lowest BCUT2D eigenvalue weighted by Crippen LogP contribution is -2.26. The minimum absolute atomic E-state index is 0.0266. The van der Waals surface area contributed by atoms with Gasteiger partial charge in [0.25, 0.3) is 5.91 Å². The van der Waals surface area contributed by atoms with Gasteiger partial charge in [0.15, 0.2) is 5.82 Å². The molecule has 3 aromatic rings. The smallest absolute Gasteiger partial charge is 0.421 e. The van der Waals surface area contributed by atoms with Crippen LogP contribution in [-0.2, 0) is 15.6 Å². The van der Waals surface area contributed by atoms with Crippen molar-refractivity contribution in [2.75, 3.05) is 37.7 Å². The molecule has 2 aromatic heterocycles. The summed E-state index contributed by atoms with van der Waals surface area (Å²) in [4.78, 5) is 32.8. The predicted octanol–water partition coefficient (Wildman–Crippen LogP) is 4.49. The van der Waals surface area contributed by atoms with Gasteiger partial charge >= 0.3 is 6.18 Å².